The number of hydrogen-bond acceptors (Lipinski definition) is 5. The van der Waals surface area contributed by atoms with Gasteiger partial charge in [-0.1, -0.05) is 53.2 Å². The largest absolute Gasteiger partial charge is 0.342 e. The maximum Gasteiger partial charge on any atom is 0.253 e. The summed E-state index contributed by atoms with van der Waals surface area (Å²) in [4.78, 5) is 24.8. The van der Waals surface area contributed by atoms with Crippen molar-refractivity contribution in [3.05, 3.63) is 70.0 Å². The summed E-state index contributed by atoms with van der Waals surface area (Å²) in [5.74, 6) is 0.282. The summed E-state index contributed by atoms with van der Waals surface area (Å²) in [5, 5.41) is 15.6. The van der Waals surface area contributed by atoms with Crippen LogP contribution in [0.5, 0.6) is 0 Å². The van der Waals surface area contributed by atoms with E-state index in [-0.39, 0.29) is 17.6 Å². The minimum atomic E-state index is -0.397. The Bertz CT molecular complexity index is 1090. The fourth-order valence-corrected chi connectivity index (χ4v) is 4.12. The van der Waals surface area contributed by atoms with E-state index in [0.717, 1.165) is 0 Å². The van der Waals surface area contributed by atoms with Gasteiger partial charge in [0, 0.05) is 17.3 Å². The van der Waals surface area contributed by atoms with Crippen molar-refractivity contribution in [1.29, 1.82) is 0 Å². The highest BCUT2D eigenvalue weighted by Crippen LogP contribution is 2.22. The zero-order valence-electron chi connectivity index (χ0n) is 16.9. The van der Waals surface area contributed by atoms with Crippen molar-refractivity contribution in [3.63, 3.8) is 0 Å². The standard InChI is InChI=1S/C21H21Cl2N5O2S/c1-3-28-19(13(2)24-20(30)16-9-4-5-10-17(16)23)26-27-21(28)31-12-18(29)25-15-8-6-7-14(22)11-15/h4-11,13H,3,12H2,1-2H3,(H,24,30)(H,25,29)/t13-/m1/s1. The van der Waals surface area contributed by atoms with Crippen molar-refractivity contribution in [2.24, 2.45) is 0 Å². The van der Waals surface area contributed by atoms with Crippen molar-refractivity contribution in [3.8, 4) is 0 Å². The Hall–Kier alpha value is -2.55. The number of benzene rings is 2. The lowest BCUT2D eigenvalue weighted by Crippen LogP contribution is -2.29. The second kappa shape index (κ2) is 10.7. The average Bonchev–Trinajstić information content (AvgIpc) is 3.15. The lowest BCUT2D eigenvalue weighted by atomic mass is 10.2. The number of thioether (sulfide) groups is 1. The molecule has 0 saturated carbocycles. The van der Waals surface area contributed by atoms with Gasteiger partial charge in [0.1, 0.15) is 0 Å². The smallest absolute Gasteiger partial charge is 0.253 e. The first-order valence-electron chi connectivity index (χ1n) is 9.55. The number of nitrogens with zero attached hydrogens (tertiary/aromatic N) is 3. The molecule has 0 saturated heterocycles. The summed E-state index contributed by atoms with van der Waals surface area (Å²) < 4.78 is 1.87. The molecule has 2 amide bonds. The van der Waals surface area contributed by atoms with Crippen LogP contribution in [0, 0.1) is 0 Å². The van der Waals surface area contributed by atoms with Crippen molar-refractivity contribution < 1.29 is 9.59 Å². The van der Waals surface area contributed by atoms with E-state index in [1.165, 1.54) is 11.8 Å². The summed E-state index contributed by atoms with van der Waals surface area (Å²) in [5.41, 5.74) is 1.03. The second-order valence-electron chi connectivity index (χ2n) is 6.61. The first-order chi connectivity index (χ1) is 14.9. The summed E-state index contributed by atoms with van der Waals surface area (Å²) in [6, 6.07) is 13.4. The number of carbonyl (C=O) groups is 2. The van der Waals surface area contributed by atoms with Gasteiger partial charge < -0.3 is 15.2 Å². The number of rotatable bonds is 8. The second-order valence-corrected chi connectivity index (χ2v) is 8.39. The molecule has 3 rings (SSSR count). The molecule has 10 heteroatoms. The lowest BCUT2D eigenvalue weighted by molar-refractivity contribution is -0.113. The van der Waals surface area contributed by atoms with Gasteiger partial charge in [-0.15, -0.1) is 10.2 Å². The Labute approximate surface area is 194 Å². The monoisotopic (exact) mass is 477 g/mol. The third-order valence-corrected chi connectivity index (χ3v) is 5.89. The van der Waals surface area contributed by atoms with E-state index >= 15 is 0 Å². The zero-order chi connectivity index (χ0) is 22.4. The predicted molar refractivity (Wildman–Crippen MR) is 124 cm³/mol. The maximum absolute atomic E-state index is 12.5. The molecule has 0 radical (unpaired) electrons. The first kappa shape index (κ1) is 23.1. The number of nitrogens with one attached hydrogen (secondary N) is 2. The van der Waals surface area contributed by atoms with Crippen LogP contribution in [0.15, 0.2) is 53.7 Å². The number of amides is 2. The zero-order valence-corrected chi connectivity index (χ0v) is 19.3. The first-order valence-corrected chi connectivity index (χ1v) is 11.3. The van der Waals surface area contributed by atoms with Crippen LogP contribution in [0.3, 0.4) is 0 Å². The average molecular weight is 478 g/mol. The molecule has 0 fully saturated rings. The molecule has 2 N–H and O–H groups in total. The van der Waals surface area contributed by atoms with Gasteiger partial charge >= 0.3 is 0 Å². The molecule has 31 heavy (non-hydrogen) atoms. The van der Waals surface area contributed by atoms with E-state index in [9.17, 15) is 9.59 Å². The molecule has 0 aliphatic heterocycles. The van der Waals surface area contributed by atoms with Crippen LogP contribution in [-0.2, 0) is 11.3 Å². The van der Waals surface area contributed by atoms with E-state index in [1.54, 1.807) is 48.5 Å². The molecular weight excluding hydrogens is 457 g/mol. The fraction of sp³-hybridized carbons (Fsp3) is 0.238. The Kier molecular flexibility index (Phi) is 7.95. The van der Waals surface area contributed by atoms with E-state index in [4.69, 9.17) is 23.2 Å². The van der Waals surface area contributed by atoms with Crippen molar-refractivity contribution in [1.82, 2.24) is 20.1 Å². The molecule has 1 atom stereocenters. The van der Waals surface area contributed by atoms with Gasteiger partial charge in [0.25, 0.3) is 5.91 Å². The summed E-state index contributed by atoms with van der Waals surface area (Å²) in [6.45, 7) is 4.36. The highest BCUT2D eigenvalue weighted by Gasteiger charge is 2.21. The van der Waals surface area contributed by atoms with Crippen molar-refractivity contribution in [2.45, 2.75) is 31.6 Å². The number of halogens is 2. The lowest BCUT2D eigenvalue weighted by Gasteiger charge is -2.15. The minimum Gasteiger partial charge on any atom is -0.342 e. The Morgan fingerprint density at radius 3 is 2.61 bits per heavy atom. The molecule has 1 aromatic heterocycles. The molecule has 162 valence electrons. The highest BCUT2D eigenvalue weighted by atomic mass is 35.5. The van der Waals surface area contributed by atoms with Crippen LogP contribution in [0.4, 0.5) is 5.69 Å². The summed E-state index contributed by atoms with van der Waals surface area (Å²) in [7, 11) is 0. The SMILES string of the molecule is CCn1c(SCC(=O)Nc2cccc(Cl)c2)nnc1[C@@H](C)NC(=O)c1ccccc1Cl. The Morgan fingerprint density at radius 2 is 1.90 bits per heavy atom. The molecule has 0 spiro atoms. The van der Waals surface area contributed by atoms with Gasteiger partial charge in [-0.05, 0) is 44.2 Å². The fourth-order valence-electron chi connectivity index (χ4n) is 2.90. The van der Waals surface area contributed by atoms with Gasteiger partial charge in [0.15, 0.2) is 11.0 Å². The molecule has 0 aliphatic carbocycles. The maximum atomic E-state index is 12.5. The Morgan fingerprint density at radius 1 is 1.13 bits per heavy atom. The molecule has 3 aromatic rings. The van der Waals surface area contributed by atoms with Crippen LogP contribution >= 0.6 is 35.0 Å². The van der Waals surface area contributed by atoms with Crippen LogP contribution in [-0.4, -0.2) is 32.3 Å². The van der Waals surface area contributed by atoms with E-state index in [0.29, 0.717) is 38.8 Å². The minimum absolute atomic E-state index is 0.158. The Balaban J connectivity index is 1.63. The van der Waals surface area contributed by atoms with E-state index in [1.807, 2.05) is 18.4 Å². The third-order valence-electron chi connectivity index (χ3n) is 4.36. The molecule has 0 aliphatic rings. The van der Waals surface area contributed by atoms with E-state index in [2.05, 4.69) is 20.8 Å². The topological polar surface area (TPSA) is 88.9 Å². The van der Waals surface area contributed by atoms with Crippen molar-refractivity contribution >= 4 is 52.5 Å². The predicted octanol–water partition coefficient (Wildman–Crippen LogP) is 4.83. The van der Waals surface area contributed by atoms with Gasteiger partial charge in [0.05, 0.1) is 22.4 Å². The molecule has 2 aromatic carbocycles. The number of carbonyl (C=O) groups excluding carboxylic acids is 2. The van der Waals surface area contributed by atoms with Crippen LogP contribution < -0.4 is 10.6 Å². The van der Waals surface area contributed by atoms with Gasteiger partial charge in [-0.25, -0.2) is 0 Å². The highest BCUT2D eigenvalue weighted by molar-refractivity contribution is 7.99. The molecule has 0 unspecified atom stereocenters. The summed E-state index contributed by atoms with van der Waals surface area (Å²) in [6.07, 6.45) is 0. The van der Waals surface area contributed by atoms with Crippen LogP contribution in [0.1, 0.15) is 36.1 Å². The quantitative estimate of drug-likeness (QED) is 0.453. The van der Waals surface area contributed by atoms with Crippen molar-refractivity contribution in [2.75, 3.05) is 11.1 Å². The van der Waals surface area contributed by atoms with Gasteiger partial charge in [-0.2, -0.15) is 0 Å². The number of anilines is 1. The molecule has 1 heterocycles. The van der Waals surface area contributed by atoms with Gasteiger partial charge in [0.2, 0.25) is 5.91 Å². The third kappa shape index (κ3) is 6.00. The number of hydrogen-bond donors (Lipinski definition) is 2. The van der Waals surface area contributed by atoms with E-state index < -0.39 is 6.04 Å². The number of aromatic nitrogens is 3. The normalized spacial score (nSPS) is 11.7. The van der Waals surface area contributed by atoms with Gasteiger partial charge in [-0.3, -0.25) is 9.59 Å². The van der Waals surface area contributed by atoms with Crippen LogP contribution in [0.2, 0.25) is 10.0 Å². The summed E-state index contributed by atoms with van der Waals surface area (Å²) >= 11 is 13.3. The molecular formula is C21H21Cl2N5O2S. The molecule has 7 nitrogen and oxygen atoms in total. The van der Waals surface area contributed by atoms with Crippen LogP contribution in [0.25, 0.3) is 0 Å². The molecule has 0 bridgehead atoms.